The summed E-state index contributed by atoms with van der Waals surface area (Å²) in [6.45, 7) is 4.54. The molecule has 1 aromatic carbocycles. The smallest absolute Gasteiger partial charge is 0.159 e. The van der Waals surface area contributed by atoms with Crippen LogP contribution in [-0.4, -0.2) is 9.97 Å². The van der Waals surface area contributed by atoms with Crippen LogP contribution >= 0.6 is 0 Å². The molecule has 3 rings (SSSR count). The van der Waals surface area contributed by atoms with Crippen LogP contribution in [0.3, 0.4) is 0 Å². The first-order valence-corrected chi connectivity index (χ1v) is 13.6. The average molecular weight is 449 g/mol. The quantitative estimate of drug-likeness (QED) is 0.193. The molecule has 33 heavy (non-hydrogen) atoms. The molecule has 3 nitrogen and oxygen atoms in total. The van der Waals surface area contributed by atoms with Gasteiger partial charge in [-0.05, 0) is 37.0 Å². The number of fused-ring (bicyclic) bond motifs is 1. The number of furan rings is 1. The Bertz CT molecular complexity index is 913. The van der Waals surface area contributed by atoms with Crippen LogP contribution < -0.4 is 0 Å². The van der Waals surface area contributed by atoms with Crippen LogP contribution in [0.1, 0.15) is 115 Å². The zero-order chi connectivity index (χ0) is 23.1. The number of aromatic nitrogens is 2. The van der Waals surface area contributed by atoms with Gasteiger partial charge in [0.05, 0.1) is 0 Å². The third-order valence-corrected chi connectivity index (χ3v) is 6.63. The molecule has 0 N–H and O–H groups in total. The van der Waals surface area contributed by atoms with Crippen LogP contribution in [0, 0.1) is 0 Å². The van der Waals surface area contributed by atoms with Gasteiger partial charge in [-0.1, -0.05) is 103 Å². The maximum absolute atomic E-state index is 6.13. The summed E-state index contributed by atoms with van der Waals surface area (Å²) in [7, 11) is 0. The summed E-state index contributed by atoms with van der Waals surface area (Å²) < 4.78 is 6.13. The molecule has 0 fully saturated rings. The Morgan fingerprint density at radius 1 is 0.636 bits per heavy atom. The predicted molar refractivity (Wildman–Crippen MR) is 141 cm³/mol. The molecule has 0 radical (unpaired) electrons. The lowest BCUT2D eigenvalue weighted by molar-refractivity contribution is 0.521. The van der Waals surface area contributed by atoms with Crippen molar-refractivity contribution in [2.45, 2.75) is 117 Å². The summed E-state index contributed by atoms with van der Waals surface area (Å²) in [6, 6.07) is 8.53. The van der Waals surface area contributed by atoms with Gasteiger partial charge in [-0.25, -0.2) is 9.97 Å². The fourth-order valence-electron chi connectivity index (χ4n) is 4.52. The number of unbranched alkanes of at least 4 members (excludes halogenated alkanes) is 12. The third-order valence-electron chi connectivity index (χ3n) is 6.63. The second kappa shape index (κ2) is 14.9. The molecule has 0 unspecified atom stereocenters. The first kappa shape index (κ1) is 25.5. The third kappa shape index (κ3) is 8.95. The molecule has 0 amide bonds. The number of aryl methyl sites for hydroxylation is 2. The lowest BCUT2D eigenvalue weighted by Gasteiger charge is -2.04. The monoisotopic (exact) mass is 448 g/mol. The van der Waals surface area contributed by atoms with Gasteiger partial charge in [0.25, 0.3) is 0 Å². The van der Waals surface area contributed by atoms with Gasteiger partial charge in [-0.15, -0.1) is 0 Å². The fourth-order valence-corrected chi connectivity index (χ4v) is 4.52. The number of rotatable bonds is 17. The van der Waals surface area contributed by atoms with Crippen LogP contribution in [0.15, 0.2) is 41.1 Å². The van der Waals surface area contributed by atoms with E-state index in [9.17, 15) is 0 Å². The van der Waals surface area contributed by atoms with E-state index in [0.717, 1.165) is 35.6 Å². The van der Waals surface area contributed by atoms with Crippen LogP contribution in [-0.2, 0) is 12.8 Å². The predicted octanol–water partition coefficient (Wildman–Crippen LogP) is 9.48. The molecule has 0 aliphatic rings. The number of nitrogens with zero attached hydrogens (tertiary/aromatic N) is 2. The van der Waals surface area contributed by atoms with E-state index in [4.69, 9.17) is 4.42 Å². The van der Waals surface area contributed by atoms with Crippen molar-refractivity contribution in [3.05, 3.63) is 48.0 Å². The highest BCUT2D eigenvalue weighted by molar-refractivity contribution is 5.82. The summed E-state index contributed by atoms with van der Waals surface area (Å²) in [5, 5.41) is 1.17. The van der Waals surface area contributed by atoms with E-state index in [-0.39, 0.29) is 0 Å². The first-order valence-electron chi connectivity index (χ1n) is 13.6. The Kier molecular flexibility index (Phi) is 11.5. The van der Waals surface area contributed by atoms with Gasteiger partial charge in [0, 0.05) is 29.8 Å². The summed E-state index contributed by atoms with van der Waals surface area (Å²) in [5.41, 5.74) is 3.21. The van der Waals surface area contributed by atoms with E-state index in [1.807, 2.05) is 12.4 Å². The van der Waals surface area contributed by atoms with E-state index in [1.54, 1.807) is 0 Å². The summed E-state index contributed by atoms with van der Waals surface area (Å²) in [5.74, 6) is 1.88. The molecule has 0 aliphatic carbocycles. The molecule has 3 aromatic rings. The van der Waals surface area contributed by atoms with Gasteiger partial charge < -0.3 is 4.42 Å². The molecule has 2 heterocycles. The molecule has 180 valence electrons. The molecule has 0 saturated heterocycles. The van der Waals surface area contributed by atoms with Crippen LogP contribution in [0.2, 0.25) is 0 Å². The molecule has 0 saturated carbocycles. The van der Waals surface area contributed by atoms with Gasteiger partial charge in [-0.2, -0.15) is 0 Å². The SMILES string of the molecule is CCCCCCCCCCc1cnc(-c2ccc3cc(CCCCCCCC)oc3c2)nc1. The van der Waals surface area contributed by atoms with E-state index < -0.39 is 0 Å². The zero-order valence-electron chi connectivity index (χ0n) is 21.1. The summed E-state index contributed by atoms with van der Waals surface area (Å²) >= 11 is 0. The van der Waals surface area contributed by atoms with E-state index in [2.05, 4.69) is 48.1 Å². The van der Waals surface area contributed by atoms with E-state index in [0.29, 0.717) is 0 Å². The van der Waals surface area contributed by atoms with Crippen molar-refractivity contribution in [1.82, 2.24) is 9.97 Å². The van der Waals surface area contributed by atoms with Crippen LogP contribution in [0.4, 0.5) is 0 Å². The minimum Gasteiger partial charge on any atom is -0.461 e. The van der Waals surface area contributed by atoms with Gasteiger partial charge >= 0.3 is 0 Å². The Hall–Kier alpha value is -2.16. The van der Waals surface area contributed by atoms with E-state index >= 15 is 0 Å². The normalized spacial score (nSPS) is 11.5. The molecule has 0 atom stereocenters. The Morgan fingerprint density at radius 3 is 1.85 bits per heavy atom. The standard InChI is InChI=1S/C30H44N2O/c1-3-5-7-9-11-12-13-15-17-25-23-31-30(32-24-25)27-20-19-26-21-28(33-29(26)22-27)18-16-14-10-8-6-4-2/h19-24H,3-18H2,1-2H3. The second-order valence-electron chi connectivity index (χ2n) is 9.62. The highest BCUT2D eigenvalue weighted by atomic mass is 16.3. The maximum Gasteiger partial charge on any atom is 0.159 e. The second-order valence-corrected chi connectivity index (χ2v) is 9.62. The first-order chi connectivity index (χ1) is 16.3. The summed E-state index contributed by atoms with van der Waals surface area (Å²) in [4.78, 5) is 9.29. The highest BCUT2D eigenvalue weighted by Gasteiger charge is 2.08. The topological polar surface area (TPSA) is 38.9 Å². The number of hydrogen-bond donors (Lipinski definition) is 0. The molecular formula is C30H44N2O. The average Bonchev–Trinajstić information content (AvgIpc) is 3.25. The largest absolute Gasteiger partial charge is 0.461 e. The van der Waals surface area contributed by atoms with Gasteiger partial charge in [0.2, 0.25) is 0 Å². The van der Waals surface area contributed by atoms with E-state index in [1.165, 1.54) is 101 Å². The molecule has 0 bridgehead atoms. The fraction of sp³-hybridized carbons (Fsp3) is 0.600. The highest BCUT2D eigenvalue weighted by Crippen LogP contribution is 2.26. The van der Waals surface area contributed by atoms with Crippen molar-refractivity contribution in [2.75, 3.05) is 0 Å². The number of benzene rings is 1. The Balaban J connectivity index is 1.44. The van der Waals surface area contributed by atoms with Crippen LogP contribution in [0.25, 0.3) is 22.4 Å². The summed E-state index contributed by atoms with van der Waals surface area (Å²) in [6.07, 6.45) is 24.7. The lowest BCUT2D eigenvalue weighted by Crippen LogP contribution is -1.93. The van der Waals surface area contributed by atoms with Crippen molar-refractivity contribution in [2.24, 2.45) is 0 Å². The van der Waals surface area contributed by atoms with Crippen molar-refractivity contribution < 1.29 is 4.42 Å². The van der Waals surface area contributed by atoms with Gasteiger partial charge in [0.15, 0.2) is 5.82 Å². The van der Waals surface area contributed by atoms with Crippen molar-refractivity contribution >= 4 is 11.0 Å². The molecule has 0 spiro atoms. The van der Waals surface area contributed by atoms with Gasteiger partial charge in [0.1, 0.15) is 11.3 Å². The lowest BCUT2D eigenvalue weighted by atomic mass is 10.1. The molecular weight excluding hydrogens is 404 g/mol. The maximum atomic E-state index is 6.13. The molecule has 2 aromatic heterocycles. The minimum atomic E-state index is 0.783. The van der Waals surface area contributed by atoms with Crippen LogP contribution in [0.5, 0.6) is 0 Å². The minimum absolute atomic E-state index is 0.783. The Labute approximate surface area is 201 Å². The zero-order valence-corrected chi connectivity index (χ0v) is 21.1. The molecule has 0 aliphatic heterocycles. The van der Waals surface area contributed by atoms with Crippen molar-refractivity contribution in [3.8, 4) is 11.4 Å². The number of hydrogen-bond acceptors (Lipinski definition) is 3. The van der Waals surface area contributed by atoms with Gasteiger partial charge in [-0.3, -0.25) is 0 Å². The van der Waals surface area contributed by atoms with Crippen molar-refractivity contribution in [3.63, 3.8) is 0 Å². The van der Waals surface area contributed by atoms with Crippen molar-refractivity contribution in [1.29, 1.82) is 0 Å². The molecule has 3 heteroatoms. The Morgan fingerprint density at radius 2 is 1.21 bits per heavy atom.